The van der Waals surface area contributed by atoms with Gasteiger partial charge >= 0.3 is 0 Å². The minimum Gasteiger partial charge on any atom is -0.441 e. The fourth-order valence-corrected chi connectivity index (χ4v) is 3.70. The van der Waals surface area contributed by atoms with Crippen molar-refractivity contribution in [3.63, 3.8) is 0 Å². The molecule has 1 amide bonds. The van der Waals surface area contributed by atoms with Gasteiger partial charge in [0.05, 0.1) is 6.20 Å². The van der Waals surface area contributed by atoms with E-state index >= 15 is 0 Å². The van der Waals surface area contributed by atoms with E-state index in [2.05, 4.69) is 10.3 Å². The lowest BCUT2D eigenvalue weighted by atomic mass is 9.84. The van der Waals surface area contributed by atoms with Gasteiger partial charge in [0.25, 0.3) is 0 Å². The maximum absolute atomic E-state index is 12.3. The highest BCUT2D eigenvalue weighted by atomic mass is 35.5. The van der Waals surface area contributed by atoms with Gasteiger partial charge in [-0.2, -0.15) is 0 Å². The highest BCUT2D eigenvalue weighted by molar-refractivity contribution is 6.30. The molecule has 1 saturated carbocycles. The molecule has 26 heavy (non-hydrogen) atoms. The minimum absolute atomic E-state index is 0.0114. The van der Waals surface area contributed by atoms with E-state index in [4.69, 9.17) is 21.8 Å². The summed E-state index contributed by atoms with van der Waals surface area (Å²) >= 11 is 5.90. The molecule has 1 atom stereocenters. The Balaban J connectivity index is 1.50. The van der Waals surface area contributed by atoms with Crippen LogP contribution in [0.2, 0.25) is 5.02 Å². The number of oxazole rings is 1. The van der Waals surface area contributed by atoms with Crippen molar-refractivity contribution in [2.24, 2.45) is 11.7 Å². The maximum atomic E-state index is 12.3. The van der Waals surface area contributed by atoms with Crippen LogP contribution in [0.3, 0.4) is 0 Å². The zero-order valence-corrected chi connectivity index (χ0v) is 15.7. The number of aromatic nitrogens is 1. The molecule has 0 aliphatic heterocycles. The second kappa shape index (κ2) is 9.19. The zero-order chi connectivity index (χ0) is 18.4. The first kappa shape index (κ1) is 18.9. The molecule has 3 rings (SSSR count). The summed E-state index contributed by atoms with van der Waals surface area (Å²) in [4.78, 5) is 16.6. The number of nitrogens with one attached hydrogen (secondary N) is 1. The van der Waals surface area contributed by atoms with Gasteiger partial charge in [0.2, 0.25) is 5.91 Å². The summed E-state index contributed by atoms with van der Waals surface area (Å²) < 4.78 is 5.75. The van der Waals surface area contributed by atoms with Gasteiger partial charge in [0, 0.05) is 36.0 Å². The number of nitrogens with zero attached hydrogens (tertiary/aromatic N) is 1. The zero-order valence-electron chi connectivity index (χ0n) is 14.9. The predicted molar refractivity (Wildman–Crippen MR) is 103 cm³/mol. The molecule has 1 fully saturated rings. The molecule has 5 nitrogen and oxygen atoms in total. The Kier molecular flexibility index (Phi) is 6.69. The normalized spacial score (nSPS) is 16.4. The van der Waals surface area contributed by atoms with Crippen molar-refractivity contribution in [3.05, 3.63) is 41.4 Å². The smallest absolute Gasteiger partial charge is 0.220 e. The monoisotopic (exact) mass is 375 g/mol. The van der Waals surface area contributed by atoms with Crippen molar-refractivity contribution in [1.29, 1.82) is 0 Å². The third kappa shape index (κ3) is 5.08. The van der Waals surface area contributed by atoms with Crippen LogP contribution in [-0.4, -0.2) is 23.5 Å². The van der Waals surface area contributed by atoms with Gasteiger partial charge in [0.15, 0.2) is 11.7 Å². The van der Waals surface area contributed by atoms with E-state index in [9.17, 15) is 4.79 Å². The summed E-state index contributed by atoms with van der Waals surface area (Å²) in [6.07, 6.45) is 8.59. The maximum Gasteiger partial charge on any atom is 0.220 e. The summed E-state index contributed by atoms with van der Waals surface area (Å²) in [6, 6.07) is 7.47. The third-order valence-electron chi connectivity index (χ3n) is 5.07. The lowest BCUT2D eigenvalue weighted by Gasteiger charge is -2.30. The summed E-state index contributed by atoms with van der Waals surface area (Å²) in [5.74, 6) is 1.76. The van der Waals surface area contributed by atoms with Gasteiger partial charge in [-0.1, -0.05) is 30.9 Å². The average molecular weight is 376 g/mol. The van der Waals surface area contributed by atoms with E-state index < -0.39 is 0 Å². The minimum atomic E-state index is 0.0114. The Morgan fingerprint density at radius 2 is 2.00 bits per heavy atom. The molecule has 140 valence electrons. The highest BCUT2D eigenvalue weighted by Crippen LogP contribution is 2.26. The number of amides is 1. The molecule has 0 spiro atoms. The molecule has 1 aliphatic rings. The Bertz CT molecular complexity index is 708. The number of halogens is 1. The number of benzene rings is 1. The molecule has 3 N–H and O–H groups in total. The molecule has 1 aromatic heterocycles. The van der Waals surface area contributed by atoms with Gasteiger partial charge in [0.1, 0.15) is 0 Å². The molecule has 2 aromatic rings. The predicted octanol–water partition coefficient (Wildman–Crippen LogP) is 3.95. The first-order chi connectivity index (χ1) is 12.7. The lowest BCUT2D eigenvalue weighted by Crippen LogP contribution is -2.46. The third-order valence-corrected chi connectivity index (χ3v) is 5.32. The van der Waals surface area contributed by atoms with E-state index in [1.807, 2.05) is 24.3 Å². The molecule has 6 heteroatoms. The Morgan fingerprint density at radius 1 is 1.27 bits per heavy atom. The van der Waals surface area contributed by atoms with Crippen molar-refractivity contribution in [2.75, 3.05) is 6.54 Å². The number of nitrogens with two attached hydrogens (primary N) is 1. The number of rotatable bonds is 7. The van der Waals surface area contributed by atoms with E-state index in [-0.39, 0.29) is 11.9 Å². The largest absolute Gasteiger partial charge is 0.441 e. The first-order valence-corrected chi connectivity index (χ1v) is 9.73. The van der Waals surface area contributed by atoms with Crippen molar-refractivity contribution in [3.8, 4) is 11.3 Å². The van der Waals surface area contributed by atoms with Gasteiger partial charge < -0.3 is 15.5 Å². The number of carbonyl (C=O) groups excluding carboxylic acids is 1. The quantitative estimate of drug-likeness (QED) is 0.767. The van der Waals surface area contributed by atoms with Crippen LogP contribution < -0.4 is 11.1 Å². The van der Waals surface area contributed by atoms with Gasteiger partial charge in [-0.05, 0) is 43.0 Å². The number of aryl methyl sites for hydroxylation is 1. The van der Waals surface area contributed by atoms with Crippen molar-refractivity contribution >= 4 is 17.5 Å². The van der Waals surface area contributed by atoms with E-state index in [0.29, 0.717) is 42.0 Å². The molecule has 0 radical (unpaired) electrons. The summed E-state index contributed by atoms with van der Waals surface area (Å²) in [5, 5.41) is 3.78. The second-order valence-electron chi connectivity index (χ2n) is 6.93. The fourth-order valence-electron chi connectivity index (χ4n) is 3.58. The number of carbonyl (C=O) groups is 1. The first-order valence-electron chi connectivity index (χ1n) is 9.36. The van der Waals surface area contributed by atoms with E-state index in [1.54, 1.807) is 6.20 Å². The van der Waals surface area contributed by atoms with Crippen molar-refractivity contribution < 1.29 is 9.21 Å². The van der Waals surface area contributed by atoms with Crippen molar-refractivity contribution in [1.82, 2.24) is 10.3 Å². The Morgan fingerprint density at radius 3 is 2.69 bits per heavy atom. The van der Waals surface area contributed by atoms with Crippen LogP contribution in [0.25, 0.3) is 11.3 Å². The number of hydrogen-bond donors (Lipinski definition) is 2. The molecule has 1 unspecified atom stereocenters. The second-order valence-corrected chi connectivity index (χ2v) is 7.37. The molecule has 1 aliphatic carbocycles. The van der Waals surface area contributed by atoms with Crippen LogP contribution in [0.4, 0.5) is 0 Å². The summed E-state index contributed by atoms with van der Waals surface area (Å²) in [5.41, 5.74) is 6.80. The van der Waals surface area contributed by atoms with Gasteiger partial charge in [-0.3, -0.25) is 4.79 Å². The van der Waals surface area contributed by atoms with Crippen LogP contribution in [0.15, 0.2) is 34.9 Å². The standard InChI is InChI=1S/C20H26ClN3O2/c21-16-8-6-15(7-9-16)18-13-23-20(26-18)11-10-19(25)24-17(12-22)14-4-2-1-3-5-14/h6-9,13-14,17H,1-5,10-12,22H2,(H,24,25). The molecule has 1 heterocycles. The van der Waals surface area contributed by atoms with Crippen LogP contribution in [0, 0.1) is 5.92 Å². The van der Waals surface area contributed by atoms with E-state index in [0.717, 1.165) is 18.4 Å². The van der Waals surface area contributed by atoms with Gasteiger partial charge in [-0.25, -0.2) is 4.98 Å². The Hall–Kier alpha value is -1.85. The van der Waals surface area contributed by atoms with Crippen molar-refractivity contribution in [2.45, 2.75) is 51.0 Å². The lowest BCUT2D eigenvalue weighted by molar-refractivity contribution is -0.122. The van der Waals surface area contributed by atoms with Crippen LogP contribution in [0.1, 0.15) is 44.4 Å². The SMILES string of the molecule is NCC(NC(=O)CCc1ncc(-c2ccc(Cl)cc2)o1)C1CCCCC1. The molecular formula is C20H26ClN3O2. The highest BCUT2D eigenvalue weighted by Gasteiger charge is 2.24. The molecule has 0 bridgehead atoms. The summed E-state index contributed by atoms with van der Waals surface area (Å²) in [7, 11) is 0. The summed E-state index contributed by atoms with van der Waals surface area (Å²) in [6.45, 7) is 0.496. The number of hydrogen-bond acceptors (Lipinski definition) is 4. The van der Waals surface area contributed by atoms with Gasteiger partial charge in [-0.15, -0.1) is 0 Å². The van der Waals surface area contributed by atoms with E-state index in [1.165, 1.54) is 19.3 Å². The molecular weight excluding hydrogens is 350 g/mol. The molecule has 0 saturated heterocycles. The molecule has 1 aromatic carbocycles. The Labute approximate surface area is 159 Å². The average Bonchev–Trinajstić information content (AvgIpc) is 3.15. The van der Waals surface area contributed by atoms with Crippen LogP contribution >= 0.6 is 11.6 Å². The fraction of sp³-hybridized carbons (Fsp3) is 0.500. The topological polar surface area (TPSA) is 81.1 Å². The van der Waals surface area contributed by atoms with Crippen LogP contribution in [0.5, 0.6) is 0 Å². The van der Waals surface area contributed by atoms with Crippen LogP contribution in [-0.2, 0) is 11.2 Å².